The number of carbonyl (C=O) groups is 6. The molecule has 4 N–H and O–H groups in total. The van der Waals surface area contributed by atoms with Crippen LogP contribution in [0.4, 0.5) is 0 Å². The molecule has 60 heavy (non-hydrogen) atoms. The van der Waals surface area contributed by atoms with Crippen LogP contribution in [0.1, 0.15) is 103 Å². The van der Waals surface area contributed by atoms with Crippen molar-refractivity contribution in [3.8, 4) is 0 Å². The molecule has 2 aromatic rings. The number of aliphatic carboxylic acids is 2. The average molecular weight is 833 g/mol. The Hall–Kier alpha value is -4.82. The highest BCUT2D eigenvalue weighted by Gasteiger charge is 2.51. The highest BCUT2D eigenvalue weighted by Crippen LogP contribution is 2.42. The fourth-order valence-corrected chi connectivity index (χ4v) is 9.78. The van der Waals surface area contributed by atoms with E-state index in [1.165, 1.54) is 0 Å². The first kappa shape index (κ1) is 46.2. The Bertz CT molecular complexity index is 1630. The molecule has 0 radical (unpaired) electrons. The van der Waals surface area contributed by atoms with Crippen molar-refractivity contribution in [2.75, 3.05) is 13.2 Å². The second-order valence-corrected chi connectivity index (χ2v) is 16.6. The zero-order valence-electron chi connectivity index (χ0n) is 35.5. The summed E-state index contributed by atoms with van der Waals surface area (Å²) >= 11 is 0. The third-order valence-electron chi connectivity index (χ3n) is 12.7. The van der Waals surface area contributed by atoms with Crippen molar-refractivity contribution in [2.24, 2.45) is 11.8 Å². The molecule has 6 rings (SSSR count). The molecule has 328 valence electrons. The predicted molar refractivity (Wildman–Crippen MR) is 224 cm³/mol. The molecular formula is C46H64N4O10. The molecule has 2 saturated heterocycles. The number of carboxylic acid groups (broad SMARTS) is 2. The van der Waals surface area contributed by atoms with Gasteiger partial charge in [-0.2, -0.15) is 0 Å². The minimum Gasteiger partial charge on any atom is -0.480 e. The Morgan fingerprint density at radius 1 is 0.617 bits per heavy atom. The summed E-state index contributed by atoms with van der Waals surface area (Å²) in [7, 11) is 0. The van der Waals surface area contributed by atoms with E-state index in [1.54, 1.807) is 37.5 Å². The molecule has 2 amide bonds. The van der Waals surface area contributed by atoms with Crippen LogP contribution in [0.15, 0.2) is 60.7 Å². The van der Waals surface area contributed by atoms with Gasteiger partial charge >= 0.3 is 23.9 Å². The third-order valence-corrected chi connectivity index (χ3v) is 12.7. The van der Waals surface area contributed by atoms with Crippen LogP contribution in [0.25, 0.3) is 0 Å². The molecule has 10 atom stereocenters. The summed E-state index contributed by atoms with van der Waals surface area (Å²) in [6.07, 6.45) is 9.07. The number of carboxylic acids is 2. The summed E-state index contributed by atoms with van der Waals surface area (Å²) in [6, 6.07) is 15.5. The number of hydrogen-bond donors (Lipinski definition) is 4. The standard InChI is InChI=1S/2C23H32N2O5/c2*1-3-30-23(29)18(13-12-16-8-5-4-6-9-16)24-15(2)21(26)25-19-11-7-10-17(19)14-20(25)22(27)28/h2*4-6,8-9,15,17-20,24H,3,7,10-14H2,1-2H3,(H,27,28)/t15-,17+,18-,19+,20+;15-,17-,18-,19-,20-/m01/s1. The van der Waals surface area contributed by atoms with Gasteiger partial charge in [0.2, 0.25) is 11.8 Å². The Morgan fingerprint density at radius 2 is 0.983 bits per heavy atom. The summed E-state index contributed by atoms with van der Waals surface area (Å²) in [5.74, 6) is -2.63. The molecule has 2 heterocycles. The number of esters is 2. The van der Waals surface area contributed by atoms with E-state index >= 15 is 0 Å². The van der Waals surface area contributed by atoms with Crippen LogP contribution in [-0.2, 0) is 51.1 Å². The smallest absolute Gasteiger partial charge is 0.326 e. The van der Waals surface area contributed by atoms with Gasteiger partial charge in [-0.3, -0.25) is 29.8 Å². The van der Waals surface area contributed by atoms with E-state index in [1.807, 2.05) is 60.7 Å². The summed E-state index contributed by atoms with van der Waals surface area (Å²) in [4.78, 5) is 78.1. The minimum absolute atomic E-state index is 0.00629. The average Bonchev–Trinajstić information content (AvgIpc) is 4.04. The third kappa shape index (κ3) is 11.7. The summed E-state index contributed by atoms with van der Waals surface area (Å²) in [5.41, 5.74) is 2.21. The first-order valence-electron chi connectivity index (χ1n) is 21.9. The summed E-state index contributed by atoms with van der Waals surface area (Å²) < 4.78 is 10.4. The lowest BCUT2D eigenvalue weighted by molar-refractivity contribution is -0.151. The van der Waals surface area contributed by atoms with Crippen molar-refractivity contribution in [2.45, 2.75) is 153 Å². The number of hydrogen-bond acceptors (Lipinski definition) is 10. The topological polar surface area (TPSA) is 192 Å². The fraction of sp³-hybridized carbons (Fsp3) is 0.609. The molecule has 4 aliphatic rings. The molecule has 0 bridgehead atoms. The number of aryl methyl sites for hydroxylation is 2. The molecule has 0 spiro atoms. The summed E-state index contributed by atoms with van der Waals surface area (Å²) in [5, 5.41) is 25.5. The van der Waals surface area contributed by atoms with Crippen molar-refractivity contribution >= 4 is 35.7 Å². The monoisotopic (exact) mass is 832 g/mol. The van der Waals surface area contributed by atoms with Crippen LogP contribution >= 0.6 is 0 Å². The van der Waals surface area contributed by atoms with E-state index in [0.29, 0.717) is 38.5 Å². The highest BCUT2D eigenvalue weighted by molar-refractivity contribution is 5.89. The van der Waals surface area contributed by atoms with Crippen molar-refractivity contribution in [1.82, 2.24) is 20.4 Å². The maximum absolute atomic E-state index is 13.2. The van der Waals surface area contributed by atoms with Crippen molar-refractivity contribution in [3.05, 3.63) is 71.8 Å². The number of benzene rings is 2. The van der Waals surface area contributed by atoms with Crippen LogP contribution in [0.5, 0.6) is 0 Å². The Balaban J connectivity index is 0.000000228. The summed E-state index contributed by atoms with van der Waals surface area (Å²) in [6.45, 7) is 7.45. The molecule has 14 heteroatoms. The van der Waals surface area contributed by atoms with E-state index in [0.717, 1.165) is 49.7 Å². The zero-order valence-corrected chi connectivity index (χ0v) is 35.5. The van der Waals surface area contributed by atoms with E-state index in [-0.39, 0.29) is 60.9 Å². The number of ether oxygens (including phenoxy) is 2. The van der Waals surface area contributed by atoms with Crippen LogP contribution in [0, 0.1) is 11.8 Å². The van der Waals surface area contributed by atoms with Gasteiger partial charge in [0.05, 0.1) is 25.3 Å². The molecule has 4 fully saturated rings. The molecule has 0 unspecified atom stereocenters. The number of rotatable bonds is 18. The van der Waals surface area contributed by atoms with E-state index in [2.05, 4.69) is 10.6 Å². The van der Waals surface area contributed by atoms with Gasteiger partial charge in [0.1, 0.15) is 24.2 Å². The lowest BCUT2D eigenvalue weighted by Gasteiger charge is -2.31. The minimum atomic E-state index is -0.948. The van der Waals surface area contributed by atoms with Gasteiger partial charge < -0.3 is 29.5 Å². The zero-order chi connectivity index (χ0) is 43.3. The number of likely N-dealkylation sites (tertiary alicyclic amines) is 2. The number of fused-ring (bicyclic) bond motifs is 2. The normalized spacial score (nSPS) is 24.9. The second-order valence-electron chi connectivity index (χ2n) is 16.6. The molecule has 2 aliphatic carbocycles. The largest absolute Gasteiger partial charge is 0.480 e. The van der Waals surface area contributed by atoms with Gasteiger partial charge in [-0.25, -0.2) is 9.59 Å². The fourth-order valence-electron chi connectivity index (χ4n) is 9.78. The van der Waals surface area contributed by atoms with E-state index in [9.17, 15) is 39.0 Å². The van der Waals surface area contributed by atoms with Crippen LogP contribution < -0.4 is 10.6 Å². The number of amides is 2. The van der Waals surface area contributed by atoms with Crippen LogP contribution in [-0.4, -0.2) is 117 Å². The SMILES string of the molecule is CCOC(=O)[C@@H](CCc1ccccc1)N[C@H](C)C(=O)N1[C@@H](C(=O)O)C[C@H]2CCC[C@H]21.CCOC(=O)[C@H](CCc1ccccc1)N[C@@H](C)C(=O)N1[C@@H](C(=O)O)C[C@H]2CCC[C@H]21. The highest BCUT2D eigenvalue weighted by atomic mass is 16.5. The number of nitrogens with zero attached hydrogens (tertiary/aromatic N) is 2. The van der Waals surface area contributed by atoms with E-state index < -0.39 is 48.2 Å². The van der Waals surface area contributed by atoms with Gasteiger partial charge in [-0.15, -0.1) is 0 Å². The van der Waals surface area contributed by atoms with E-state index in [4.69, 9.17) is 9.47 Å². The second kappa shape index (κ2) is 22.1. The van der Waals surface area contributed by atoms with Crippen molar-refractivity contribution < 1.29 is 48.5 Å². The Kier molecular flexibility index (Phi) is 17.1. The van der Waals surface area contributed by atoms with Crippen molar-refractivity contribution in [3.63, 3.8) is 0 Å². The molecule has 0 aromatic heterocycles. The molecule has 14 nitrogen and oxygen atoms in total. The van der Waals surface area contributed by atoms with Gasteiger partial charge in [0.15, 0.2) is 0 Å². The molecule has 2 saturated carbocycles. The number of nitrogens with one attached hydrogen (secondary N) is 2. The lowest BCUT2D eigenvalue weighted by atomic mass is 10.0. The van der Waals surface area contributed by atoms with Crippen molar-refractivity contribution in [1.29, 1.82) is 0 Å². The lowest BCUT2D eigenvalue weighted by Crippen LogP contribution is -2.55. The van der Waals surface area contributed by atoms with Gasteiger partial charge in [0, 0.05) is 12.1 Å². The maximum atomic E-state index is 13.2. The first-order valence-corrected chi connectivity index (χ1v) is 21.9. The predicted octanol–water partition coefficient (Wildman–Crippen LogP) is 4.77. The van der Waals surface area contributed by atoms with Gasteiger partial charge in [0.25, 0.3) is 0 Å². The van der Waals surface area contributed by atoms with Crippen LogP contribution in [0.2, 0.25) is 0 Å². The quantitative estimate of drug-likeness (QED) is 0.151. The van der Waals surface area contributed by atoms with Gasteiger partial charge in [-0.1, -0.05) is 73.5 Å². The molecule has 2 aromatic carbocycles. The Labute approximate surface area is 353 Å². The maximum Gasteiger partial charge on any atom is 0.326 e. The molecular weight excluding hydrogens is 769 g/mol. The molecule has 2 aliphatic heterocycles. The first-order chi connectivity index (χ1) is 28.8. The van der Waals surface area contributed by atoms with Crippen LogP contribution in [0.3, 0.4) is 0 Å². The number of carbonyl (C=O) groups excluding carboxylic acids is 4. The van der Waals surface area contributed by atoms with Gasteiger partial charge in [-0.05, 0) is 115 Å². The Morgan fingerprint density at radius 3 is 1.32 bits per heavy atom.